The van der Waals surface area contributed by atoms with Gasteiger partial charge in [0.05, 0.1) is 6.67 Å². The number of hydrogen-bond donors (Lipinski definition) is 0. The summed E-state index contributed by atoms with van der Waals surface area (Å²) in [6, 6.07) is 1.85. The van der Waals surface area contributed by atoms with Crippen LogP contribution in [0.3, 0.4) is 0 Å². The van der Waals surface area contributed by atoms with Crippen molar-refractivity contribution in [3.8, 4) is 0 Å². The van der Waals surface area contributed by atoms with E-state index in [1.54, 1.807) is 12.4 Å². The van der Waals surface area contributed by atoms with Gasteiger partial charge >= 0.3 is 0 Å². The number of aromatic nitrogens is 5. The van der Waals surface area contributed by atoms with Crippen LogP contribution in [-0.4, -0.2) is 55.4 Å². The molecule has 7 nitrogen and oxygen atoms in total. The van der Waals surface area contributed by atoms with Crippen LogP contribution in [0.5, 0.6) is 0 Å². The van der Waals surface area contributed by atoms with Crippen LogP contribution in [0.1, 0.15) is 24.6 Å². The van der Waals surface area contributed by atoms with Gasteiger partial charge in [0.1, 0.15) is 5.82 Å². The average molecular weight is 357 g/mol. The number of piperazine rings is 1. The third-order valence-corrected chi connectivity index (χ3v) is 5.18. The fourth-order valence-electron chi connectivity index (χ4n) is 3.23. The molecule has 2 aliphatic rings. The van der Waals surface area contributed by atoms with Crippen LogP contribution in [0.25, 0.3) is 0 Å². The Kier molecular flexibility index (Phi) is 4.63. The first-order valence-corrected chi connectivity index (χ1v) is 9.20. The zero-order valence-corrected chi connectivity index (χ0v) is 15.1. The molecule has 2 fully saturated rings. The van der Waals surface area contributed by atoms with Gasteiger partial charge in [0.2, 0.25) is 5.95 Å². The van der Waals surface area contributed by atoms with Crippen molar-refractivity contribution in [1.29, 1.82) is 0 Å². The van der Waals surface area contributed by atoms with E-state index in [9.17, 15) is 0 Å². The molecule has 4 rings (SSSR count). The highest BCUT2D eigenvalue weighted by molar-refractivity contribution is 7.71. The topological polar surface area (TPSA) is 55.0 Å². The van der Waals surface area contributed by atoms with Crippen molar-refractivity contribution in [1.82, 2.24) is 29.2 Å². The molecule has 0 amide bonds. The summed E-state index contributed by atoms with van der Waals surface area (Å²) in [6.45, 7) is 9.07. The summed E-state index contributed by atoms with van der Waals surface area (Å²) < 4.78 is 4.91. The van der Waals surface area contributed by atoms with Crippen LogP contribution in [-0.2, 0) is 13.2 Å². The van der Waals surface area contributed by atoms with Crippen molar-refractivity contribution in [2.45, 2.75) is 32.0 Å². The molecule has 1 saturated heterocycles. The molecule has 0 atom stereocenters. The zero-order valence-electron chi connectivity index (χ0n) is 14.3. The van der Waals surface area contributed by atoms with Crippen molar-refractivity contribution in [3.63, 3.8) is 0 Å². The third-order valence-electron chi connectivity index (χ3n) is 4.75. The second-order valence-corrected chi connectivity index (χ2v) is 6.97. The first-order chi connectivity index (χ1) is 12.3. The highest BCUT2D eigenvalue weighted by Crippen LogP contribution is 2.39. The molecule has 1 saturated carbocycles. The molecule has 2 aromatic heterocycles. The lowest BCUT2D eigenvalue weighted by Crippen LogP contribution is -2.47. The minimum absolute atomic E-state index is 0.579. The maximum Gasteiger partial charge on any atom is 0.225 e. The van der Waals surface area contributed by atoms with E-state index < -0.39 is 0 Å². The highest BCUT2D eigenvalue weighted by atomic mass is 32.1. The minimum atomic E-state index is 0.579. The Labute approximate surface area is 152 Å². The van der Waals surface area contributed by atoms with Gasteiger partial charge in [-0.15, -0.1) is 6.58 Å². The minimum Gasteiger partial charge on any atom is -0.338 e. The molecule has 25 heavy (non-hydrogen) atoms. The Bertz CT molecular complexity index is 785. The van der Waals surface area contributed by atoms with Crippen LogP contribution in [0.2, 0.25) is 0 Å². The maximum absolute atomic E-state index is 5.65. The number of allylic oxidation sites excluding steroid dienone is 1. The maximum atomic E-state index is 5.65. The van der Waals surface area contributed by atoms with E-state index in [1.807, 2.05) is 16.8 Å². The van der Waals surface area contributed by atoms with Crippen LogP contribution >= 0.6 is 12.2 Å². The van der Waals surface area contributed by atoms with E-state index in [-0.39, 0.29) is 0 Å². The summed E-state index contributed by atoms with van der Waals surface area (Å²) >= 11 is 5.65. The van der Waals surface area contributed by atoms with Gasteiger partial charge in [-0.2, -0.15) is 5.10 Å². The van der Waals surface area contributed by atoms with E-state index in [0.29, 0.717) is 5.92 Å². The van der Waals surface area contributed by atoms with Gasteiger partial charge in [0, 0.05) is 51.0 Å². The predicted molar refractivity (Wildman–Crippen MR) is 99.0 cm³/mol. The SMILES string of the molecule is C=CCn1c(C2CC2)nn(CN2CCN(c3ncccn3)CC2)c1=S. The molecule has 1 aliphatic carbocycles. The monoisotopic (exact) mass is 357 g/mol. The van der Waals surface area contributed by atoms with Crippen molar-refractivity contribution in [3.05, 3.63) is 41.7 Å². The smallest absolute Gasteiger partial charge is 0.225 e. The summed E-state index contributed by atoms with van der Waals surface area (Å²) in [6.07, 6.45) is 7.92. The highest BCUT2D eigenvalue weighted by Gasteiger charge is 2.30. The van der Waals surface area contributed by atoms with Crippen LogP contribution in [0.15, 0.2) is 31.1 Å². The number of rotatable bonds is 6. The van der Waals surface area contributed by atoms with Gasteiger partial charge in [0.15, 0.2) is 4.77 Å². The van der Waals surface area contributed by atoms with E-state index in [1.165, 1.54) is 12.8 Å². The molecule has 0 bridgehead atoms. The van der Waals surface area contributed by atoms with E-state index in [2.05, 4.69) is 30.9 Å². The molecule has 0 aromatic carbocycles. The molecular formula is C17H23N7S. The molecule has 0 unspecified atom stereocenters. The molecule has 2 aromatic rings. The van der Waals surface area contributed by atoms with Crippen LogP contribution in [0.4, 0.5) is 5.95 Å². The molecule has 8 heteroatoms. The Morgan fingerprint density at radius 1 is 1.16 bits per heavy atom. The molecule has 1 aliphatic heterocycles. The van der Waals surface area contributed by atoms with Crippen LogP contribution in [0, 0.1) is 4.77 Å². The Morgan fingerprint density at radius 3 is 2.52 bits per heavy atom. The number of hydrogen-bond acceptors (Lipinski definition) is 6. The van der Waals surface area contributed by atoms with Crippen LogP contribution < -0.4 is 4.90 Å². The molecular weight excluding hydrogens is 334 g/mol. The van der Waals surface area contributed by atoms with E-state index >= 15 is 0 Å². The standard InChI is InChI=1S/C17H23N7S/c1-2-8-23-15(14-4-5-14)20-24(17(23)25)13-21-9-11-22(12-10-21)16-18-6-3-7-19-16/h2-3,6-7,14H,1,4-5,8-13H2. The summed E-state index contributed by atoms with van der Waals surface area (Å²) in [7, 11) is 0. The van der Waals surface area contributed by atoms with Gasteiger partial charge in [-0.25, -0.2) is 14.6 Å². The Morgan fingerprint density at radius 2 is 1.88 bits per heavy atom. The summed E-state index contributed by atoms with van der Waals surface area (Å²) in [5.74, 6) is 2.52. The van der Waals surface area contributed by atoms with E-state index in [0.717, 1.165) is 55.9 Å². The fourth-order valence-corrected chi connectivity index (χ4v) is 3.49. The molecule has 132 valence electrons. The second kappa shape index (κ2) is 7.05. The van der Waals surface area contributed by atoms with Crippen molar-refractivity contribution in [2.24, 2.45) is 0 Å². The molecule has 0 spiro atoms. The predicted octanol–water partition coefficient (Wildman–Crippen LogP) is 2.05. The average Bonchev–Trinajstić information content (AvgIpc) is 3.45. The Hall–Kier alpha value is -2.06. The second-order valence-electron chi connectivity index (χ2n) is 6.61. The van der Waals surface area contributed by atoms with Crippen molar-refractivity contribution in [2.75, 3.05) is 31.1 Å². The first-order valence-electron chi connectivity index (χ1n) is 8.79. The summed E-state index contributed by atoms with van der Waals surface area (Å²) in [5, 5.41) is 4.81. The number of nitrogens with zero attached hydrogens (tertiary/aromatic N) is 7. The molecule has 3 heterocycles. The van der Waals surface area contributed by atoms with E-state index in [4.69, 9.17) is 17.3 Å². The van der Waals surface area contributed by atoms with Gasteiger partial charge < -0.3 is 4.90 Å². The normalized spacial score (nSPS) is 18.5. The van der Waals surface area contributed by atoms with Gasteiger partial charge in [-0.1, -0.05) is 6.08 Å². The lowest BCUT2D eigenvalue weighted by Gasteiger charge is -2.34. The lowest BCUT2D eigenvalue weighted by molar-refractivity contribution is 0.193. The summed E-state index contributed by atoms with van der Waals surface area (Å²) in [5.41, 5.74) is 0. The lowest BCUT2D eigenvalue weighted by atomic mass is 10.3. The largest absolute Gasteiger partial charge is 0.338 e. The van der Waals surface area contributed by atoms with Crippen molar-refractivity contribution >= 4 is 18.2 Å². The third kappa shape index (κ3) is 3.50. The Balaban J connectivity index is 1.43. The fraction of sp³-hybridized carbons (Fsp3) is 0.529. The molecule has 0 radical (unpaired) electrons. The molecule has 0 N–H and O–H groups in total. The summed E-state index contributed by atoms with van der Waals surface area (Å²) in [4.78, 5) is 13.3. The van der Waals surface area contributed by atoms with Gasteiger partial charge in [-0.05, 0) is 31.1 Å². The first kappa shape index (κ1) is 16.4. The van der Waals surface area contributed by atoms with Crippen molar-refractivity contribution < 1.29 is 0 Å². The number of anilines is 1. The zero-order chi connectivity index (χ0) is 17.2. The van der Waals surface area contributed by atoms with Gasteiger partial charge in [-0.3, -0.25) is 9.47 Å². The van der Waals surface area contributed by atoms with Gasteiger partial charge in [0.25, 0.3) is 0 Å². The quantitative estimate of drug-likeness (QED) is 0.583.